The van der Waals surface area contributed by atoms with Gasteiger partial charge in [0.2, 0.25) is 11.2 Å². The molecule has 0 spiro atoms. The molecule has 61 heavy (non-hydrogen) atoms. The number of thiazole rings is 2. The lowest BCUT2D eigenvalue weighted by Crippen LogP contribution is -2.29. The Bertz CT molecular complexity index is 2370. The Kier molecular flexibility index (Phi) is 18.6. The molecule has 0 unspecified atom stereocenters. The highest BCUT2D eigenvalue weighted by Gasteiger charge is 2.27. The fraction of sp³-hybridized carbons (Fsp3) is 0.463. The summed E-state index contributed by atoms with van der Waals surface area (Å²) >= 11 is 8.71. The monoisotopic (exact) mass is 898 g/mol. The van der Waals surface area contributed by atoms with Gasteiger partial charge in [-0.15, -0.1) is 22.7 Å². The molecule has 8 rings (SSSR count). The first kappa shape index (κ1) is 48.7. The van der Waals surface area contributed by atoms with E-state index in [9.17, 15) is 18.4 Å². The number of fused-ring (bicyclic) bond motifs is 2. The van der Waals surface area contributed by atoms with Gasteiger partial charge in [-0.2, -0.15) is 9.97 Å². The van der Waals surface area contributed by atoms with E-state index in [-0.39, 0.29) is 42.4 Å². The molecule has 2 amide bonds. The van der Waals surface area contributed by atoms with Gasteiger partial charge in [0.05, 0.1) is 28.5 Å². The highest BCUT2D eigenvalue weighted by molar-refractivity contribution is 7.19. The molecule has 0 aromatic carbocycles. The molecule has 328 valence electrons. The molecule has 15 nitrogen and oxygen atoms in total. The maximum Gasteiger partial charge on any atom is 0.274 e. The summed E-state index contributed by atoms with van der Waals surface area (Å²) in [4.78, 5) is 62.2. The number of aryl methyl sites for hydroxylation is 2. The Labute approximate surface area is 367 Å². The average molecular weight is 900 g/mol. The second-order valence-electron chi connectivity index (χ2n) is 14.1. The molecule has 0 aliphatic carbocycles. The van der Waals surface area contributed by atoms with Gasteiger partial charge in [0.15, 0.2) is 22.7 Å². The molecule has 8 heterocycles. The van der Waals surface area contributed by atoms with E-state index in [4.69, 9.17) is 22.4 Å². The molecule has 6 aromatic heterocycles. The third kappa shape index (κ3) is 13.5. The number of nitrogens with two attached hydrogens (primary N) is 1. The van der Waals surface area contributed by atoms with Crippen molar-refractivity contribution in [3.8, 4) is 0 Å². The summed E-state index contributed by atoms with van der Waals surface area (Å²) in [5, 5.41) is 13.0. The number of hydrogen-bond donors (Lipinski definition) is 3. The normalized spacial score (nSPS) is 14.2. The standard InChI is InChI=1S/C18H19FN6OS.C11H11ClN4OS.C7H9FN2.C4H10O.CH4/c1-10(12-7-13(19)9-20-8-12)21-18-23-14(17(26)25-5-3-4-6-25)15-16(24-18)22-11(2)27-15;1-6-13-9-8(18-6)7(14-11(12)15-9)10(17)16-4-2-3-5-16;1-5(9)6-2-7(8)4-10-3-6;1-2-3-4-5;/h7-10H,3-6H2,1-2H3,(H,21,23,24);2-5H2,1H3;2-5H,9H2,1H3;5H,2-4H2,1H3;1H4/t10-;;5-;;/m0.0../s1. The Balaban J connectivity index is 0.000000207. The van der Waals surface area contributed by atoms with E-state index >= 15 is 0 Å². The van der Waals surface area contributed by atoms with Crippen molar-refractivity contribution in [2.24, 2.45) is 5.73 Å². The van der Waals surface area contributed by atoms with Crippen LogP contribution in [-0.2, 0) is 0 Å². The van der Waals surface area contributed by atoms with Gasteiger partial charge in [-0.3, -0.25) is 19.6 Å². The number of aliphatic hydroxyl groups excluding tert-OH is 1. The van der Waals surface area contributed by atoms with Gasteiger partial charge >= 0.3 is 0 Å². The quantitative estimate of drug-likeness (QED) is 0.123. The summed E-state index contributed by atoms with van der Waals surface area (Å²) in [7, 11) is 0. The molecule has 4 N–H and O–H groups in total. The largest absolute Gasteiger partial charge is 0.396 e. The lowest BCUT2D eigenvalue weighted by molar-refractivity contribution is 0.0782. The second kappa shape index (κ2) is 23.3. The molecule has 20 heteroatoms. The van der Waals surface area contributed by atoms with E-state index in [1.54, 1.807) is 19.3 Å². The van der Waals surface area contributed by atoms with Crippen molar-refractivity contribution in [2.75, 3.05) is 38.1 Å². The first-order chi connectivity index (χ1) is 28.8. The SMILES string of the molecule is C.CCCCO.C[C@H](N)c1cncc(F)c1.Cc1nc2nc(Cl)nc(C(=O)N3CCCC3)c2s1.Cc1nc2nc(N[C@@H](C)c3cncc(F)c3)nc(C(=O)N3CCCC3)c2s1. The maximum atomic E-state index is 13.4. The molecule has 2 aliphatic rings. The predicted octanol–water partition coefficient (Wildman–Crippen LogP) is 8.28. The van der Waals surface area contributed by atoms with Crippen LogP contribution in [0.15, 0.2) is 36.9 Å². The predicted molar refractivity (Wildman–Crippen MR) is 237 cm³/mol. The van der Waals surface area contributed by atoms with Gasteiger partial charge in [0.1, 0.15) is 21.0 Å². The summed E-state index contributed by atoms with van der Waals surface area (Å²) < 4.78 is 27.3. The van der Waals surface area contributed by atoms with Crippen molar-refractivity contribution in [3.05, 3.63) is 86.4 Å². The third-order valence-corrected chi connectivity index (χ3v) is 11.3. The molecule has 2 fully saturated rings. The number of halogens is 3. The topological polar surface area (TPSA) is 202 Å². The van der Waals surface area contributed by atoms with Crippen LogP contribution >= 0.6 is 34.3 Å². The van der Waals surface area contributed by atoms with Crippen molar-refractivity contribution < 1.29 is 23.5 Å². The lowest BCUT2D eigenvalue weighted by Gasteiger charge is -2.17. The minimum Gasteiger partial charge on any atom is -0.396 e. The highest BCUT2D eigenvalue weighted by atomic mass is 35.5. The van der Waals surface area contributed by atoms with Crippen LogP contribution < -0.4 is 11.1 Å². The number of aliphatic hydroxyl groups is 1. The average Bonchev–Trinajstić information content (AvgIpc) is 4.06. The molecule has 2 atom stereocenters. The zero-order valence-corrected chi connectivity index (χ0v) is 36.5. The fourth-order valence-electron chi connectivity index (χ4n) is 6.10. The minimum atomic E-state index is -0.405. The van der Waals surface area contributed by atoms with Crippen LogP contribution in [0.4, 0.5) is 14.7 Å². The van der Waals surface area contributed by atoms with E-state index in [1.807, 2.05) is 30.6 Å². The van der Waals surface area contributed by atoms with Crippen LogP contribution in [0.5, 0.6) is 0 Å². The molecule has 6 aromatic rings. The minimum absolute atomic E-state index is 0. The first-order valence-electron chi connectivity index (χ1n) is 19.7. The van der Waals surface area contributed by atoms with Gasteiger partial charge in [0, 0.05) is 51.2 Å². The Hall–Kier alpha value is -4.95. The summed E-state index contributed by atoms with van der Waals surface area (Å²) in [6.45, 7) is 12.9. The van der Waals surface area contributed by atoms with Crippen LogP contribution in [0.25, 0.3) is 20.7 Å². The number of likely N-dealkylation sites (tertiary alicyclic amines) is 2. The number of hydrogen-bond acceptors (Lipinski definition) is 15. The summed E-state index contributed by atoms with van der Waals surface area (Å²) in [6, 6.07) is 2.37. The number of carbonyl (C=O) groups excluding carboxylic acids is 2. The van der Waals surface area contributed by atoms with Crippen molar-refractivity contribution in [1.82, 2.24) is 49.7 Å². The lowest BCUT2D eigenvalue weighted by atomic mass is 10.1. The van der Waals surface area contributed by atoms with Gasteiger partial charge < -0.3 is 26.0 Å². The molecule has 0 radical (unpaired) electrons. The van der Waals surface area contributed by atoms with E-state index in [0.717, 1.165) is 97.4 Å². The Morgan fingerprint density at radius 2 is 1.26 bits per heavy atom. The van der Waals surface area contributed by atoms with Gasteiger partial charge in [-0.1, -0.05) is 20.8 Å². The smallest absolute Gasteiger partial charge is 0.274 e. The van der Waals surface area contributed by atoms with Crippen molar-refractivity contribution in [1.29, 1.82) is 0 Å². The molecular formula is C41H53ClF2N12O3S2. The van der Waals surface area contributed by atoms with E-state index < -0.39 is 5.82 Å². The van der Waals surface area contributed by atoms with Gasteiger partial charge in [-0.05, 0) is 94.7 Å². The van der Waals surface area contributed by atoms with E-state index in [2.05, 4.69) is 52.1 Å². The number of carbonyl (C=O) groups is 2. The van der Waals surface area contributed by atoms with Crippen molar-refractivity contribution >= 4 is 72.7 Å². The maximum absolute atomic E-state index is 13.4. The fourth-order valence-corrected chi connectivity index (χ4v) is 7.95. The number of nitrogens with zero attached hydrogens (tertiary/aromatic N) is 10. The molecule has 0 saturated carbocycles. The highest BCUT2D eigenvalue weighted by Crippen LogP contribution is 2.29. The van der Waals surface area contributed by atoms with Crippen LogP contribution in [0.1, 0.15) is 121 Å². The van der Waals surface area contributed by atoms with Gasteiger partial charge in [-0.25, -0.2) is 28.7 Å². The van der Waals surface area contributed by atoms with E-state index in [1.165, 1.54) is 34.8 Å². The molecular weight excluding hydrogens is 846 g/mol. The third-order valence-electron chi connectivity index (χ3n) is 9.22. The van der Waals surface area contributed by atoms with Crippen LogP contribution in [0.2, 0.25) is 5.28 Å². The van der Waals surface area contributed by atoms with Crippen LogP contribution in [-0.4, -0.2) is 99.4 Å². The summed E-state index contributed by atoms with van der Waals surface area (Å²) in [6.07, 6.45) is 11.6. The zero-order chi connectivity index (χ0) is 43.3. The summed E-state index contributed by atoms with van der Waals surface area (Å²) in [5.74, 6) is -0.600. The number of anilines is 1. The zero-order valence-electron chi connectivity index (χ0n) is 34.2. The second-order valence-corrected chi connectivity index (χ2v) is 16.9. The van der Waals surface area contributed by atoms with Crippen LogP contribution in [0.3, 0.4) is 0 Å². The number of unbranched alkanes of at least 4 members (excludes halogenated alkanes) is 1. The van der Waals surface area contributed by atoms with Crippen molar-refractivity contribution in [3.63, 3.8) is 0 Å². The van der Waals surface area contributed by atoms with E-state index in [0.29, 0.717) is 45.5 Å². The molecule has 2 aliphatic heterocycles. The summed E-state index contributed by atoms with van der Waals surface area (Å²) in [5.41, 5.74) is 8.64. The number of amides is 2. The number of nitrogens with one attached hydrogen (secondary N) is 1. The molecule has 0 bridgehead atoms. The number of pyridine rings is 2. The Morgan fingerprint density at radius 3 is 1.70 bits per heavy atom. The molecule has 2 saturated heterocycles. The van der Waals surface area contributed by atoms with Crippen LogP contribution in [0, 0.1) is 25.5 Å². The van der Waals surface area contributed by atoms with Gasteiger partial charge in [0.25, 0.3) is 11.8 Å². The number of rotatable bonds is 8. The number of aromatic nitrogens is 8. The first-order valence-corrected chi connectivity index (χ1v) is 21.7. The Morgan fingerprint density at radius 1 is 0.787 bits per heavy atom. The van der Waals surface area contributed by atoms with Crippen molar-refractivity contribution in [2.45, 2.75) is 92.7 Å².